The lowest BCUT2D eigenvalue weighted by molar-refractivity contribution is 0.0694. The first-order valence-corrected chi connectivity index (χ1v) is 6.63. The zero-order chi connectivity index (χ0) is 13.2. The van der Waals surface area contributed by atoms with Gasteiger partial charge in [0.2, 0.25) is 0 Å². The molecule has 0 aliphatic heterocycles. The lowest BCUT2D eigenvalue weighted by atomic mass is 9.68. The minimum atomic E-state index is -0.821. The van der Waals surface area contributed by atoms with Crippen LogP contribution in [0.5, 0.6) is 0 Å². The van der Waals surface area contributed by atoms with Crippen LogP contribution < -0.4 is 0 Å². The van der Waals surface area contributed by atoms with E-state index in [0.717, 1.165) is 18.4 Å². The fourth-order valence-corrected chi connectivity index (χ4v) is 2.92. The Balaban J connectivity index is 1.76. The molecule has 2 aromatic rings. The molecule has 0 heterocycles. The number of benzene rings is 2. The van der Waals surface area contributed by atoms with E-state index in [1.165, 1.54) is 5.56 Å². The average Bonchev–Trinajstić information content (AvgIpc) is 2.39. The maximum atomic E-state index is 11.2. The van der Waals surface area contributed by atoms with E-state index in [0.29, 0.717) is 17.4 Å². The van der Waals surface area contributed by atoms with E-state index in [2.05, 4.69) is 24.3 Å². The summed E-state index contributed by atoms with van der Waals surface area (Å²) in [6.45, 7) is 0. The Bertz CT molecular complexity index is 583. The molecular weight excluding hydrogens is 236 g/mol. The summed E-state index contributed by atoms with van der Waals surface area (Å²) < 4.78 is 0. The van der Waals surface area contributed by atoms with Crippen LogP contribution in [0.15, 0.2) is 54.6 Å². The molecule has 19 heavy (non-hydrogen) atoms. The largest absolute Gasteiger partial charge is 0.478 e. The molecule has 0 unspecified atom stereocenters. The third kappa shape index (κ3) is 2.26. The molecule has 0 radical (unpaired) electrons. The van der Waals surface area contributed by atoms with Gasteiger partial charge in [0.25, 0.3) is 0 Å². The van der Waals surface area contributed by atoms with Gasteiger partial charge >= 0.3 is 5.97 Å². The van der Waals surface area contributed by atoms with Crippen molar-refractivity contribution >= 4 is 5.97 Å². The van der Waals surface area contributed by atoms with E-state index in [4.69, 9.17) is 0 Å². The highest BCUT2D eigenvalue weighted by atomic mass is 16.4. The van der Waals surface area contributed by atoms with Crippen LogP contribution in [0.4, 0.5) is 0 Å². The lowest BCUT2D eigenvalue weighted by Crippen LogP contribution is -2.22. The molecule has 2 heteroatoms. The Hall–Kier alpha value is -2.09. The van der Waals surface area contributed by atoms with Crippen molar-refractivity contribution in [1.82, 2.24) is 0 Å². The van der Waals surface area contributed by atoms with Crippen LogP contribution in [0, 0.1) is 0 Å². The first kappa shape index (κ1) is 12.0. The first-order chi connectivity index (χ1) is 9.25. The highest BCUT2D eigenvalue weighted by molar-refractivity contribution is 5.89. The average molecular weight is 252 g/mol. The molecule has 0 bridgehead atoms. The quantitative estimate of drug-likeness (QED) is 0.894. The van der Waals surface area contributed by atoms with Crippen molar-refractivity contribution in [2.24, 2.45) is 0 Å². The molecule has 1 aliphatic carbocycles. The molecule has 3 rings (SSSR count). The van der Waals surface area contributed by atoms with Crippen molar-refractivity contribution in [3.05, 3.63) is 71.3 Å². The van der Waals surface area contributed by atoms with Gasteiger partial charge in [-0.25, -0.2) is 4.79 Å². The van der Waals surface area contributed by atoms with Gasteiger partial charge in [-0.05, 0) is 41.9 Å². The van der Waals surface area contributed by atoms with Crippen molar-refractivity contribution in [2.45, 2.75) is 24.7 Å². The summed E-state index contributed by atoms with van der Waals surface area (Å²) in [4.78, 5) is 11.2. The van der Waals surface area contributed by atoms with Crippen LogP contribution >= 0.6 is 0 Å². The number of aromatic carboxylic acids is 1. The van der Waals surface area contributed by atoms with E-state index in [1.807, 2.05) is 18.2 Å². The molecular formula is C17H16O2. The summed E-state index contributed by atoms with van der Waals surface area (Å²) in [5.41, 5.74) is 2.81. The van der Waals surface area contributed by atoms with Gasteiger partial charge in [0.15, 0.2) is 0 Å². The smallest absolute Gasteiger partial charge is 0.335 e. The molecule has 1 N–H and O–H groups in total. The fraction of sp³-hybridized carbons (Fsp3) is 0.235. The standard InChI is InChI=1S/C17H16O2/c18-17(19)16-9-5-4-8-15(16)14-10-13(11-14)12-6-2-1-3-7-12/h1-9,13-14H,10-11H2,(H,18,19). The topological polar surface area (TPSA) is 37.3 Å². The number of rotatable bonds is 3. The third-order valence-electron chi connectivity index (χ3n) is 4.04. The first-order valence-electron chi connectivity index (χ1n) is 6.63. The summed E-state index contributed by atoms with van der Waals surface area (Å²) in [6.07, 6.45) is 2.10. The van der Waals surface area contributed by atoms with Gasteiger partial charge in [0.1, 0.15) is 0 Å². The Morgan fingerprint density at radius 2 is 1.53 bits per heavy atom. The highest BCUT2D eigenvalue weighted by Crippen LogP contribution is 2.48. The summed E-state index contributed by atoms with van der Waals surface area (Å²) >= 11 is 0. The Labute approximate surface area is 112 Å². The molecule has 0 spiro atoms. The second kappa shape index (κ2) is 4.88. The number of carbonyl (C=O) groups is 1. The van der Waals surface area contributed by atoms with Crippen LogP contribution in [-0.2, 0) is 0 Å². The summed E-state index contributed by atoms with van der Waals surface area (Å²) in [6, 6.07) is 17.8. The molecule has 2 nitrogen and oxygen atoms in total. The van der Waals surface area contributed by atoms with Crippen molar-refractivity contribution in [3.63, 3.8) is 0 Å². The number of carboxylic acids is 1. The normalized spacial score (nSPS) is 21.7. The van der Waals surface area contributed by atoms with E-state index < -0.39 is 5.97 Å². The lowest BCUT2D eigenvalue weighted by Gasteiger charge is -2.36. The zero-order valence-corrected chi connectivity index (χ0v) is 10.6. The molecule has 96 valence electrons. The zero-order valence-electron chi connectivity index (χ0n) is 10.6. The molecule has 1 fully saturated rings. The van der Waals surface area contributed by atoms with Gasteiger partial charge in [-0.1, -0.05) is 48.5 Å². The Kier molecular flexibility index (Phi) is 3.08. The molecule has 0 saturated heterocycles. The Morgan fingerprint density at radius 1 is 0.895 bits per heavy atom. The van der Waals surface area contributed by atoms with E-state index >= 15 is 0 Å². The van der Waals surface area contributed by atoms with Crippen molar-refractivity contribution < 1.29 is 9.90 Å². The highest BCUT2D eigenvalue weighted by Gasteiger charge is 2.33. The van der Waals surface area contributed by atoms with Crippen LogP contribution in [-0.4, -0.2) is 11.1 Å². The van der Waals surface area contributed by atoms with Gasteiger partial charge in [-0.15, -0.1) is 0 Å². The maximum absolute atomic E-state index is 11.2. The minimum Gasteiger partial charge on any atom is -0.478 e. The van der Waals surface area contributed by atoms with Crippen molar-refractivity contribution in [3.8, 4) is 0 Å². The van der Waals surface area contributed by atoms with Gasteiger partial charge < -0.3 is 5.11 Å². The predicted molar refractivity (Wildman–Crippen MR) is 74.6 cm³/mol. The van der Waals surface area contributed by atoms with Gasteiger partial charge in [-0.2, -0.15) is 0 Å². The summed E-state index contributed by atoms with van der Waals surface area (Å²) in [7, 11) is 0. The summed E-state index contributed by atoms with van der Waals surface area (Å²) in [5.74, 6) is 0.143. The molecule has 2 aromatic carbocycles. The predicted octanol–water partition coefficient (Wildman–Crippen LogP) is 4.05. The van der Waals surface area contributed by atoms with Crippen LogP contribution in [0.2, 0.25) is 0 Å². The molecule has 1 aliphatic rings. The SMILES string of the molecule is O=C(O)c1ccccc1C1CC(c2ccccc2)C1. The number of carboxylic acid groups (broad SMARTS) is 1. The third-order valence-corrected chi connectivity index (χ3v) is 4.04. The van der Waals surface area contributed by atoms with Gasteiger partial charge in [-0.3, -0.25) is 0 Å². The minimum absolute atomic E-state index is 0.387. The van der Waals surface area contributed by atoms with Crippen molar-refractivity contribution in [1.29, 1.82) is 0 Å². The van der Waals surface area contributed by atoms with Crippen LogP contribution in [0.1, 0.15) is 46.2 Å². The molecule has 1 saturated carbocycles. The Morgan fingerprint density at radius 3 is 2.21 bits per heavy atom. The van der Waals surface area contributed by atoms with Crippen molar-refractivity contribution in [2.75, 3.05) is 0 Å². The molecule has 0 amide bonds. The second-order valence-electron chi connectivity index (χ2n) is 5.17. The van der Waals surface area contributed by atoms with Crippen LogP contribution in [0.3, 0.4) is 0 Å². The fourth-order valence-electron chi connectivity index (χ4n) is 2.92. The van der Waals surface area contributed by atoms with Gasteiger partial charge in [0.05, 0.1) is 5.56 Å². The number of hydrogen-bond acceptors (Lipinski definition) is 1. The molecule has 0 aromatic heterocycles. The molecule has 0 atom stereocenters. The second-order valence-corrected chi connectivity index (χ2v) is 5.17. The van der Waals surface area contributed by atoms with Gasteiger partial charge in [0, 0.05) is 0 Å². The maximum Gasteiger partial charge on any atom is 0.335 e. The monoisotopic (exact) mass is 252 g/mol. The van der Waals surface area contributed by atoms with E-state index in [9.17, 15) is 9.90 Å². The van der Waals surface area contributed by atoms with E-state index in [1.54, 1.807) is 12.1 Å². The van der Waals surface area contributed by atoms with Crippen LogP contribution in [0.25, 0.3) is 0 Å². The number of hydrogen-bond donors (Lipinski definition) is 1. The summed E-state index contributed by atoms with van der Waals surface area (Å²) in [5, 5.41) is 9.22. The van der Waals surface area contributed by atoms with E-state index in [-0.39, 0.29) is 0 Å².